The Morgan fingerprint density at radius 3 is 2.26 bits per heavy atom. The molecule has 0 aromatic heterocycles. The van der Waals surface area contributed by atoms with Gasteiger partial charge in [0, 0.05) is 26.1 Å². The molecule has 0 saturated carbocycles. The van der Waals surface area contributed by atoms with Crippen molar-refractivity contribution in [3.63, 3.8) is 0 Å². The molecule has 2 rings (SSSR count). The molecule has 0 aliphatic heterocycles. The van der Waals surface area contributed by atoms with E-state index in [-0.39, 0.29) is 43.4 Å². The molecular formula is C25H34FN3O4S. The highest BCUT2D eigenvalue weighted by Crippen LogP contribution is 2.22. The Labute approximate surface area is 202 Å². The Bertz CT molecular complexity index is 1050. The van der Waals surface area contributed by atoms with Crippen molar-refractivity contribution in [2.45, 2.75) is 52.1 Å². The van der Waals surface area contributed by atoms with E-state index in [1.54, 1.807) is 11.0 Å². The van der Waals surface area contributed by atoms with Gasteiger partial charge in [-0.05, 0) is 37.0 Å². The van der Waals surface area contributed by atoms with Crippen molar-refractivity contribution in [3.05, 3.63) is 66.0 Å². The van der Waals surface area contributed by atoms with Crippen LogP contribution in [0.1, 0.15) is 45.1 Å². The van der Waals surface area contributed by atoms with E-state index in [2.05, 4.69) is 5.32 Å². The Kier molecular flexibility index (Phi) is 10.5. The lowest BCUT2D eigenvalue weighted by Gasteiger charge is -2.31. The van der Waals surface area contributed by atoms with Crippen LogP contribution in [0.15, 0.2) is 54.6 Å². The van der Waals surface area contributed by atoms with Crippen LogP contribution in [0.5, 0.6) is 0 Å². The molecule has 0 aliphatic carbocycles. The molecule has 2 aromatic rings. The fraction of sp³-hybridized carbons (Fsp3) is 0.440. The van der Waals surface area contributed by atoms with Crippen LogP contribution in [0.25, 0.3) is 0 Å². The molecule has 1 atom stereocenters. The topological polar surface area (TPSA) is 86.8 Å². The normalized spacial score (nSPS) is 12.1. The molecule has 186 valence electrons. The third-order valence-corrected chi connectivity index (χ3v) is 6.58. The molecule has 2 aromatic carbocycles. The van der Waals surface area contributed by atoms with Gasteiger partial charge in [0.2, 0.25) is 21.8 Å². The van der Waals surface area contributed by atoms with Crippen LogP contribution in [-0.2, 0) is 26.2 Å². The number of para-hydroxylation sites is 1. The lowest BCUT2D eigenvalue weighted by Crippen LogP contribution is -2.49. The maximum absolute atomic E-state index is 14.2. The number of carbonyl (C=O) groups excluding carboxylic acids is 2. The van der Waals surface area contributed by atoms with Crippen molar-refractivity contribution in [2.24, 2.45) is 0 Å². The summed E-state index contributed by atoms with van der Waals surface area (Å²) in [4.78, 5) is 27.6. The lowest BCUT2D eigenvalue weighted by atomic mass is 10.1. The number of halogens is 1. The molecule has 0 fully saturated rings. The summed E-state index contributed by atoms with van der Waals surface area (Å²) in [5, 5.41) is 2.86. The molecule has 34 heavy (non-hydrogen) atoms. The van der Waals surface area contributed by atoms with Gasteiger partial charge in [0.25, 0.3) is 0 Å². The number of nitrogens with one attached hydrogen (secondary N) is 1. The van der Waals surface area contributed by atoms with Crippen LogP contribution < -0.4 is 9.62 Å². The smallest absolute Gasteiger partial charge is 0.242 e. The summed E-state index contributed by atoms with van der Waals surface area (Å²) in [6.07, 6.45) is 2.43. The summed E-state index contributed by atoms with van der Waals surface area (Å²) in [6.45, 7) is 4.54. The van der Waals surface area contributed by atoms with Gasteiger partial charge in [0.1, 0.15) is 11.9 Å². The average Bonchev–Trinajstić information content (AvgIpc) is 2.80. The highest BCUT2D eigenvalue weighted by Gasteiger charge is 2.28. The molecule has 1 unspecified atom stereocenters. The number of rotatable bonds is 13. The lowest BCUT2D eigenvalue weighted by molar-refractivity contribution is -0.141. The summed E-state index contributed by atoms with van der Waals surface area (Å²) in [5.74, 6) is -1.12. The second kappa shape index (κ2) is 13.1. The summed E-state index contributed by atoms with van der Waals surface area (Å²) in [5.41, 5.74) is 0.839. The maximum Gasteiger partial charge on any atom is 0.242 e. The number of anilines is 1. The minimum Gasteiger partial charge on any atom is -0.354 e. The first-order chi connectivity index (χ1) is 16.2. The average molecular weight is 492 g/mol. The standard InChI is InChI=1S/C25H34FN3O4S/c1-4-17-27-25(31)22(5-2)28(19-20-12-7-6-8-13-20)24(30)16-11-18-29(34(3,32)33)23-15-10-9-14-21(23)26/h6-10,12-15,22H,4-5,11,16-19H2,1-3H3,(H,27,31). The third kappa shape index (κ3) is 7.83. The van der Waals surface area contributed by atoms with E-state index in [0.29, 0.717) is 13.0 Å². The second-order valence-corrected chi connectivity index (χ2v) is 10.0. The summed E-state index contributed by atoms with van der Waals surface area (Å²) < 4.78 is 39.8. The number of sulfonamides is 1. The van der Waals surface area contributed by atoms with Crippen LogP contribution in [-0.4, -0.2) is 50.5 Å². The maximum atomic E-state index is 14.2. The largest absolute Gasteiger partial charge is 0.354 e. The van der Waals surface area contributed by atoms with Crippen molar-refractivity contribution >= 4 is 27.5 Å². The number of carbonyl (C=O) groups is 2. The van der Waals surface area contributed by atoms with Crippen molar-refractivity contribution in [1.82, 2.24) is 10.2 Å². The van der Waals surface area contributed by atoms with Crippen LogP contribution >= 0.6 is 0 Å². The highest BCUT2D eigenvalue weighted by molar-refractivity contribution is 7.92. The first kappa shape index (κ1) is 27.3. The number of amides is 2. The third-order valence-electron chi connectivity index (χ3n) is 5.40. The van der Waals surface area contributed by atoms with Gasteiger partial charge >= 0.3 is 0 Å². The van der Waals surface area contributed by atoms with Crippen LogP contribution in [0, 0.1) is 5.82 Å². The van der Waals surface area contributed by atoms with Gasteiger partial charge in [-0.2, -0.15) is 0 Å². The van der Waals surface area contributed by atoms with Crippen molar-refractivity contribution in [1.29, 1.82) is 0 Å². The number of nitrogens with zero attached hydrogens (tertiary/aromatic N) is 2. The van der Waals surface area contributed by atoms with Crippen LogP contribution in [0.3, 0.4) is 0 Å². The monoisotopic (exact) mass is 491 g/mol. The summed E-state index contributed by atoms with van der Waals surface area (Å²) in [6, 6.07) is 14.4. The minimum atomic E-state index is -3.75. The molecule has 0 bridgehead atoms. The predicted octanol–water partition coefficient (Wildman–Crippen LogP) is 3.71. The molecule has 0 saturated heterocycles. The molecule has 1 N–H and O–H groups in total. The fourth-order valence-electron chi connectivity index (χ4n) is 3.70. The van der Waals surface area contributed by atoms with Gasteiger partial charge < -0.3 is 10.2 Å². The van der Waals surface area contributed by atoms with Gasteiger partial charge in [-0.3, -0.25) is 13.9 Å². The molecular weight excluding hydrogens is 457 g/mol. The molecule has 9 heteroatoms. The van der Waals surface area contributed by atoms with E-state index >= 15 is 0 Å². The Morgan fingerprint density at radius 2 is 1.68 bits per heavy atom. The van der Waals surface area contributed by atoms with Crippen LogP contribution in [0.2, 0.25) is 0 Å². The number of hydrogen-bond donors (Lipinski definition) is 1. The summed E-state index contributed by atoms with van der Waals surface area (Å²) >= 11 is 0. The first-order valence-corrected chi connectivity index (χ1v) is 13.4. The van der Waals surface area contributed by atoms with Crippen molar-refractivity contribution in [3.8, 4) is 0 Å². The van der Waals surface area contributed by atoms with Gasteiger partial charge in [0.15, 0.2) is 0 Å². The van der Waals surface area contributed by atoms with Gasteiger partial charge in [-0.1, -0.05) is 56.3 Å². The van der Waals surface area contributed by atoms with Gasteiger partial charge in [-0.25, -0.2) is 12.8 Å². The minimum absolute atomic E-state index is 0.0187. The van der Waals surface area contributed by atoms with Crippen molar-refractivity contribution in [2.75, 3.05) is 23.7 Å². The molecule has 0 aliphatic rings. The summed E-state index contributed by atoms with van der Waals surface area (Å²) in [7, 11) is -3.75. The Balaban J connectivity index is 2.18. The zero-order valence-corrected chi connectivity index (χ0v) is 20.9. The first-order valence-electron chi connectivity index (χ1n) is 11.5. The quantitative estimate of drug-likeness (QED) is 0.463. The molecule has 0 spiro atoms. The van der Waals surface area contributed by atoms with E-state index in [4.69, 9.17) is 0 Å². The Morgan fingerprint density at radius 1 is 1.03 bits per heavy atom. The molecule has 0 radical (unpaired) electrons. The number of benzene rings is 2. The molecule has 2 amide bonds. The van der Waals surface area contributed by atoms with E-state index in [0.717, 1.165) is 22.5 Å². The van der Waals surface area contributed by atoms with Crippen molar-refractivity contribution < 1.29 is 22.4 Å². The SMILES string of the molecule is CCCNC(=O)C(CC)N(Cc1ccccc1)C(=O)CCCN(c1ccccc1F)S(C)(=O)=O. The van der Waals surface area contributed by atoms with E-state index < -0.39 is 21.9 Å². The number of hydrogen-bond acceptors (Lipinski definition) is 4. The second-order valence-electron chi connectivity index (χ2n) is 8.11. The molecule has 0 heterocycles. The van der Waals surface area contributed by atoms with E-state index in [1.165, 1.54) is 18.2 Å². The fourth-order valence-corrected chi connectivity index (χ4v) is 4.67. The van der Waals surface area contributed by atoms with Gasteiger partial charge in [-0.15, -0.1) is 0 Å². The van der Waals surface area contributed by atoms with Crippen LogP contribution in [0.4, 0.5) is 10.1 Å². The van der Waals surface area contributed by atoms with E-state index in [1.807, 2.05) is 44.2 Å². The predicted molar refractivity (Wildman–Crippen MR) is 132 cm³/mol. The zero-order chi connectivity index (χ0) is 25.1. The molecule has 7 nitrogen and oxygen atoms in total. The van der Waals surface area contributed by atoms with Gasteiger partial charge in [0.05, 0.1) is 11.9 Å². The van der Waals surface area contributed by atoms with E-state index in [9.17, 15) is 22.4 Å². The Hall–Kier alpha value is -2.94. The highest BCUT2D eigenvalue weighted by atomic mass is 32.2. The zero-order valence-electron chi connectivity index (χ0n) is 20.0.